The minimum absolute atomic E-state index is 0.503. The molecule has 0 atom stereocenters. The summed E-state index contributed by atoms with van der Waals surface area (Å²) in [5.41, 5.74) is 0.285. The molecular formula is C15H9ClO2S. The lowest BCUT2D eigenvalue weighted by atomic mass is 10.1. The third-order valence-electron chi connectivity index (χ3n) is 2.80. The maximum atomic E-state index is 10.7. The Morgan fingerprint density at radius 2 is 1.79 bits per heavy atom. The van der Waals surface area contributed by atoms with Gasteiger partial charge in [0, 0.05) is 16.5 Å². The fourth-order valence-corrected chi connectivity index (χ4v) is 2.93. The fraction of sp³-hybridized carbons (Fsp3) is 0. The Labute approximate surface area is 119 Å². The second-order valence-electron chi connectivity index (χ2n) is 4.02. The average Bonchev–Trinajstić information content (AvgIpc) is 2.86. The van der Waals surface area contributed by atoms with E-state index in [4.69, 9.17) is 16.3 Å². The number of carbonyl (C=O) groups excluding carboxylic acids is 1. The van der Waals surface area contributed by atoms with Crippen LogP contribution in [0.3, 0.4) is 0 Å². The first-order valence-corrected chi connectivity index (χ1v) is 6.88. The van der Waals surface area contributed by atoms with E-state index in [2.05, 4.69) is 30.3 Å². The van der Waals surface area contributed by atoms with Crippen molar-refractivity contribution in [2.24, 2.45) is 0 Å². The lowest BCUT2D eigenvalue weighted by Gasteiger charge is -2.01. The van der Waals surface area contributed by atoms with E-state index in [0.717, 1.165) is 10.4 Å². The summed E-state index contributed by atoms with van der Waals surface area (Å²) in [5, 5.41) is 2.89. The maximum Gasteiger partial charge on any atom is 0.409 e. The zero-order valence-corrected chi connectivity index (χ0v) is 11.4. The zero-order valence-electron chi connectivity index (χ0n) is 9.80. The van der Waals surface area contributed by atoms with Crippen LogP contribution in [0.15, 0.2) is 54.6 Å². The molecule has 1 aromatic heterocycles. The molecule has 0 saturated heterocycles. The molecule has 0 aliphatic carbocycles. The molecule has 0 saturated carbocycles. The molecule has 0 amide bonds. The summed E-state index contributed by atoms with van der Waals surface area (Å²) in [5.74, 6) is 0. The molecule has 0 N–H and O–H groups in total. The van der Waals surface area contributed by atoms with Crippen molar-refractivity contribution in [2.45, 2.75) is 0 Å². The van der Waals surface area contributed by atoms with Gasteiger partial charge in [-0.05, 0) is 34.5 Å². The van der Waals surface area contributed by atoms with Gasteiger partial charge >= 0.3 is 5.43 Å². The molecule has 0 bridgehead atoms. The Balaban J connectivity index is 1.99. The van der Waals surface area contributed by atoms with Crippen LogP contribution in [0.5, 0.6) is 5.06 Å². The first-order chi connectivity index (χ1) is 9.22. The summed E-state index contributed by atoms with van der Waals surface area (Å²) in [6.45, 7) is 0. The molecular weight excluding hydrogens is 280 g/mol. The van der Waals surface area contributed by atoms with Crippen LogP contribution in [0, 0.1) is 0 Å². The molecule has 3 rings (SSSR count). The van der Waals surface area contributed by atoms with Crippen LogP contribution in [-0.4, -0.2) is 5.43 Å². The lowest BCUT2D eigenvalue weighted by Crippen LogP contribution is -1.92. The van der Waals surface area contributed by atoms with E-state index in [0.29, 0.717) is 5.06 Å². The molecule has 1 heterocycles. The normalized spacial score (nSPS) is 10.6. The van der Waals surface area contributed by atoms with Crippen molar-refractivity contribution in [1.82, 2.24) is 0 Å². The summed E-state index contributed by atoms with van der Waals surface area (Å²) in [6, 6.07) is 18.1. The van der Waals surface area contributed by atoms with Crippen molar-refractivity contribution in [3.05, 3.63) is 54.6 Å². The zero-order chi connectivity index (χ0) is 13.2. The van der Waals surface area contributed by atoms with Crippen LogP contribution in [-0.2, 0) is 0 Å². The molecule has 0 unspecified atom stereocenters. The van der Waals surface area contributed by atoms with Gasteiger partial charge in [-0.25, -0.2) is 4.79 Å². The summed E-state index contributed by atoms with van der Waals surface area (Å²) >= 11 is 6.59. The first kappa shape index (κ1) is 12.2. The van der Waals surface area contributed by atoms with E-state index in [9.17, 15) is 4.79 Å². The van der Waals surface area contributed by atoms with Crippen LogP contribution in [0.1, 0.15) is 0 Å². The molecule has 3 aromatic rings. The van der Waals surface area contributed by atoms with Gasteiger partial charge in [-0.15, -0.1) is 0 Å². The highest BCUT2D eigenvalue weighted by Gasteiger charge is 2.07. The Bertz CT molecular complexity index is 748. The summed E-state index contributed by atoms with van der Waals surface area (Å²) in [7, 11) is 0. The number of fused-ring (bicyclic) bond motifs is 1. The summed E-state index contributed by atoms with van der Waals surface area (Å²) < 4.78 is 4.85. The Morgan fingerprint density at radius 1 is 1.00 bits per heavy atom. The van der Waals surface area contributed by atoms with Crippen LogP contribution in [0.4, 0.5) is 4.79 Å². The molecule has 0 fully saturated rings. The van der Waals surface area contributed by atoms with E-state index in [1.807, 2.05) is 18.2 Å². The van der Waals surface area contributed by atoms with E-state index in [-0.39, 0.29) is 0 Å². The van der Waals surface area contributed by atoms with E-state index >= 15 is 0 Å². The highest BCUT2D eigenvalue weighted by Crippen LogP contribution is 2.34. The number of rotatable bonds is 2. The maximum absolute atomic E-state index is 10.7. The minimum Gasteiger partial charge on any atom is -0.403 e. The number of carbonyl (C=O) groups is 1. The molecule has 0 aliphatic rings. The van der Waals surface area contributed by atoms with E-state index in [1.165, 1.54) is 22.1 Å². The SMILES string of the molecule is O=C(Cl)Oc1ccc(-c2ccc3ccccc3c2)s1. The molecule has 94 valence electrons. The van der Waals surface area contributed by atoms with Crippen LogP contribution in [0.2, 0.25) is 0 Å². The Kier molecular flexibility index (Phi) is 3.23. The molecule has 19 heavy (non-hydrogen) atoms. The number of hydrogen-bond donors (Lipinski definition) is 0. The average molecular weight is 289 g/mol. The van der Waals surface area contributed by atoms with Crippen molar-refractivity contribution in [2.75, 3.05) is 0 Å². The second-order valence-corrected chi connectivity index (χ2v) is 5.38. The third kappa shape index (κ3) is 2.62. The van der Waals surface area contributed by atoms with Crippen molar-refractivity contribution >= 4 is 39.1 Å². The van der Waals surface area contributed by atoms with Gasteiger partial charge in [0.05, 0.1) is 0 Å². The van der Waals surface area contributed by atoms with Crippen LogP contribution < -0.4 is 4.74 Å². The largest absolute Gasteiger partial charge is 0.409 e. The van der Waals surface area contributed by atoms with Gasteiger partial charge in [-0.3, -0.25) is 0 Å². The van der Waals surface area contributed by atoms with Gasteiger partial charge in [0.25, 0.3) is 0 Å². The van der Waals surface area contributed by atoms with E-state index < -0.39 is 5.43 Å². The van der Waals surface area contributed by atoms with Crippen LogP contribution in [0.25, 0.3) is 21.2 Å². The summed E-state index contributed by atoms with van der Waals surface area (Å²) in [6.07, 6.45) is 0. The van der Waals surface area contributed by atoms with E-state index in [1.54, 1.807) is 6.07 Å². The first-order valence-electron chi connectivity index (χ1n) is 5.69. The fourth-order valence-electron chi connectivity index (χ4n) is 1.95. The van der Waals surface area contributed by atoms with Crippen molar-refractivity contribution < 1.29 is 9.53 Å². The molecule has 4 heteroatoms. The second kappa shape index (κ2) is 5.03. The van der Waals surface area contributed by atoms with Gasteiger partial charge < -0.3 is 4.74 Å². The van der Waals surface area contributed by atoms with Gasteiger partial charge in [-0.2, -0.15) is 0 Å². The molecule has 0 radical (unpaired) electrons. The monoisotopic (exact) mass is 288 g/mol. The minimum atomic E-state index is -0.813. The highest BCUT2D eigenvalue weighted by molar-refractivity contribution is 7.17. The van der Waals surface area contributed by atoms with Gasteiger partial charge in [0.2, 0.25) is 0 Å². The summed E-state index contributed by atoms with van der Waals surface area (Å²) in [4.78, 5) is 11.7. The van der Waals surface area contributed by atoms with Gasteiger partial charge in [0.15, 0.2) is 5.06 Å². The van der Waals surface area contributed by atoms with Gasteiger partial charge in [0.1, 0.15) is 0 Å². The van der Waals surface area contributed by atoms with Crippen LogP contribution >= 0.6 is 22.9 Å². The molecule has 2 nitrogen and oxygen atoms in total. The van der Waals surface area contributed by atoms with Crippen molar-refractivity contribution in [1.29, 1.82) is 0 Å². The molecule has 0 aliphatic heterocycles. The number of halogens is 1. The predicted octanol–water partition coefficient (Wildman–Crippen LogP) is 5.31. The number of hydrogen-bond acceptors (Lipinski definition) is 3. The third-order valence-corrected chi connectivity index (χ3v) is 3.89. The molecule has 0 spiro atoms. The topological polar surface area (TPSA) is 26.3 Å². The standard InChI is InChI=1S/C15H9ClO2S/c16-15(17)18-14-8-7-13(19-14)12-6-5-10-3-1-2-4-11(10)9-12/h1-9H. The number of thiophene rings is 1. The number of ether oxygens (including phenoxy) is 1. The van der Waals surface area contributed by atoms with Gasteiger partial charge in [-0.1, -0.05) is 47.7 Å². The van der Waals surface area contributed by atoms with Crippen molar-refractivity contribution in [3.63, 3.8) is 0 Å². The lowest BCUT2D eigenvalue weighted by molar-refractivity contribution is 0.227. The number of benzene rings is 2. The molecule has 2 aromatic carbocycles. The predicted molar refractivity (Wildman–Crippen MR) is 79.1 cm³/mol. The smallest absolute Gasteiger partial charge is 0.403 e. The Morgan fingerprint density at radius 3 is 2.58 bits per heavy atom. The highest BCUT2D eigenvalue weighted by atomic mass is 35.5. The quantitative estimate of drug-likeness (QED) is 0.598. The van der Waals surface area contributed by atoms with Crippen molar-refractivity contribution in [3.8, 4) is 15.5 Å². The Hall–Kier alpha value is -1.84.